The normalized spacial score (nSPS) is 24.0. The number of rotatable bonds is 2. The summed E-state index contributed by atoms with van der Waals surface area (Å²) in [4.78, 5) is 2.31. The summed E-state index contributed by atoms with van der Waals surface area (Å²) in [7, 11) is 0. The second-order valence-corrected chi connectivity index (χ2v) is 6.98. The number of hydrogen-bond donors (Lipinski definition) is 1. The van der Waals surface area contributed by atoms with E-state index in [0.717, 1.165) is 24.9 Å². The van der Waals surface area contributed by atoms with E-state index >= 15 is 0 Å². The molecule has 3 heteroatoms. The molecule has 0 unspecified atom stereocenters. The number of hydrogen-bond acceptors (Lipinski definition) is 2. The number of anilines is 1. The van der Waals surface area contributed by atoms with Gasteiger partial charge in [-0.25, -0.2) is 9.48 Å². The summed E-state index contributed by atoms with van der Waals surface area (Å²) in [5.41, 5.74) is 2.44. The number of benzene rings is 2. The van der Waals surface area contributed by atoms with Gasteiger partial charge >= 0.3 is 0 Å². The first-order valence-electron chi connectivity index (χ1n) is 8.94. The molecule has 124 valence electrons. The first-order chi connectivity index (χ1) is 11.7. The lowest BCUT2D eigenvalue weighted by molar-refractivity contribution is -0.658. The molecule has 1 N–H and O–H groups in total. The maximum absolute atomic E-state index is 11.7. The van der Waals surface area contributed by atoms with Gasteiger partial charge in [-0.1, -0.05) is 48.0 Å². The van der Waals surface area contributed by atoms with E-state index in [0.29, 0.717) is 6.54 Å². The average Bonchev–Trinajstić information content (AvgIpc) is 2.77. The van der Waals surface area contributed by atoms with Crippen LogP contribution < -0.4 is 4.90 Å². The Morgan fingerprint density at radius 2 is 1.71 bits per heavy atom. The summed E-state index contributed by atoms with van der Waals surface area (Å²) in [5.74, 6) is 1.27. The van der Waals surface area contributed by atoms with Crippen molar-refractivity contribution >= 4 is 11.5 Å². The summed E-state index contributed by atoms with van der Waals surface area (Å²) in [6.07, 6.45) is 4.59. The molecule has 0 radical (unpaired) electrons. The van der Waals surface area contributed by atoms with E-state index in [1.165, 1.54) is 29.9 Å². The first-order valence-corrected chi connectivity index (χ1v) is 8.94. The summed E-state index contributed by atoms with van der Waals surface area (Å²) < 4.78 is 2.25. The Morgan fingerprint density at radius 1 is 0.958 bits per heavy atom. The maximum Gasteiger partial charge on any atom is 0.271 e. The zero-order chi connectivity index (χ0) is 16.6. The van der Waals surface area contributed by atoms with Crippen LogP contribution >= 0.6 is 0 Å². The van der Waals surface area contributed by atoms with Crippen LogP contribution in [0.3, 0.4) is 0 Å². The topological polar surface area (TPSA) is 26.5 Å². The number of β-amino-alcohol motifs (C(OH)–C–C–N with tert-alkyl or cyclic N) is 1. The smallest absolute Gasteiger partial charge is 0.271 e. The molecular weight excluding hydrogens is 296 g/mol. The lowest BCUT2D eigenvalue weighted by Crippen LogP contribution is -2.41. The molecule has 0 bridgehead atoms. The molecular formula is C21H25N2O+. The van der Waals surface area contributed by atoms with Crippen molar-refractivity contribution in [3.05, 3.63) is 65.7 Å². The van der Waals surface area contributed by atoms with Gasteiger partial charge in [0, 0.05) is 12.0 Å². The van der Waals surface area contributed by atoms with Gasteiger partial charge in [0.1, 0.15) is 5.69 Å². The fraction of sp³-hybridized carbons (Fsp3) is 0.381. The number of nitrogens with zero attached hydrogens (tertiary/aromatic N) is 2. The zero-order valence-electron chi connectivity index (χ0n) is 14.3. The van der Waals surface area contributed by atoms with E-state index in [2.05, 4.69) is 64.9 Å². The highest BCUT2D eigenvalue weighted by molar-refractivity contribution is 5.95. The van der Waals surface area contributed by atoms with Crippen molar-refractivity contribution in [2.24, 2.45) is 0 Å². The number of amidine groups is 1. The van der Waals surface area contributed by atoms with Gasteiger partial charge in [-0.3, -0.25) is 0 Å². The molecule has 3 nitrogen and oxygen atoms in total. The molecule has 0 saturated heterocycles. The lowest BCUT2D eigenvalue weighted by atomic mass is 10.0. The van der Waals surface area contributed by atoms with Crippen LogP contribution in [-0.4, -0.2) is 28.6 Å². The van der Waals surface area contributed by atoms with Gasteiger partial charge in [0.25, 0.3) is 11.6 Å². The van der Waals surface area contributed by atoms with E-state index in [4.69, 9.17) is 0 Å². The summed E-state index contributed by atoms with van der Waals surface area (Å²) in [6, 6.07) is 18.8. The first kappa shape index (κ1) is 15.4. The highest BCUT2D eigenvalue weighted by Crippen LogP contribution is 2.35. The Hall–Kier alpha value is -2.13. The number of aryl methyl sites for hydroxylation is 1. The molecule has 2 aliphatic heterocycles. The van der Waals surface area contributed by atoms with Crippen LogP contribution in [0.4, 0.5) is 5.69 Å². The molecule has 0 saturated carbocycles. The van der Waals surface area contributed by atoms with Gasteiger partial charge in [0.2, 0.25) is 0 Å². The monoisotopic (exact) mass is 321 g/mol. The largest absolute Gasteiger partial charge is 0.346 e. The van der Waals surface area contributed by atoms with Crippen molar-refractivity contribution in [3.63, 3.8) is 0 Å². The summed E-state index contributed by atoms with van der Waals surface area (Å²) in [5, 5.41) is 11.7. The molecule has 0 aromatic heterocycles. The van der Waals surface area contributed by atoms with Crippen molar-refractivity contribution in [1.29, 1.82) is 0 Å². The van der Waals surface area contributed by atoms with Crippen molar-refractivity contribution in [2.75, 3.05) is 18.0 Å². The van der Waals surface area contributed by atoms with Crippen molar-refractivity contribution in [2.45, 2.75) is 38.3 Å². The SMILES string of the molecule is Cc1ccc([C@]2(O)CN(c3ccccc3)C3=[N+]2CCCCC3)cc1. The molecule has 0 spiro atoms. The molecule has 2 aliphatic rings. The minimum absolute atomic E-state index is 0.593. The van der Waals surface area contributed by atoms with Crippen molar-refractivity contribution in [1.82, 2.24) is 0 Å². The predicted octanol–water partition coefficient (Wildman–Crippen LogP) is 3.65. The van der Waals surface area contributed by atoms with Crippen LogP contribution in [0.25, 0.3) is 0 Å². The Bertz CT molecular complexity index is 751. The third-order valence-corrected chi connectivity index (χ3v) is 5.31. The molecule has 2 aromatic rings. The number of aliphatic hydroxyl groups is 1. The standard InChI is InChI=1S/C21H25N2O/c1-17-11-13-18(14-12-17)21(24)16-22(19-8-4-2-5-9-19)20-10-6-3-7-15-23(20)21/h2,4-5,8-9,11-14,24H,3,6-7,10,15-16H2,1H3/q+1/t21-/m1/s1. The molecule has 1 atom stereocenters. The van der Waals surface area contributed by atoms with E-state index in [1.54, 1.807) is 0 Å². The molecule has 4 rings (SSSR count). The van der Waals surface area contributed by atoms with Gasteiger partial charge in [-0.2, -0.15) is 0 Å². The Labute approximate surface area is 143 Å². The van der Waals surface area contributed by atoms with Crippen LogP contribution in [0.2, 0.25) is 0 Å². The zero-order valence-corrected chi connectivity index (χ0v) is 14.3. The van der Waals surface area contributed by atoms with Crippen LogP contribution in [0.15, 0.2) is 54.6 Å². The molecule has 0 fully saturated rings. The van der Waals surface area contributed by atoms with Crippen LogP contribution in [-0.2, 0) is 5.72 Å². The average molecular weight is 321 g/mol. The van der Waals surface area contributed by atoms with Gasteiger partial charge < -0.3 is 5.11 Å². The highest BCUT2D eigenvalue weighted by atomic mass is 16.3. The van der Waals surface area contributed by atoms with Crippen molar-refractivity contribution < 1.29 is 9.68 Å². The summed E-state index contributed by atoms with van der Waals surface area (Å²) in [6.45, 7) is 3.60. The molecule has 0 amide bonds. The summed E-state index contributed by atoms with van der Waals surface area (Å²) >= 11 is 0. The lowest BCUT2D eigenvalue weighted by Gasteiger charge is -2.23. The van der Waals surface area contributed by atoms with E-state index in [-0.39, 0.29) is 0 Å². The van der Waals surface area contributed by atoms with Crippen LogP contribution in [0.5, 0.6) is 0 Å². The minimum atomic E-state index is -0.941. The van der Waals surface area contributed by atoms with Gasteiger partial charge in [-0.05, 0) is 38.3 Å². The molecule has 24 heavy (non-hydrogen) atoms. The van der Waals surface area contributed by atoms with Gasteiger partial charge in [0.05, 0.1) is 6.54 Å². The Kier molecular flexibility index (Phi) is 3.89. The third-order valence-electron chi connectivity index (χ3n) is 5.31. The number of para-hydroxylation sites is 1. The van der Waals surface area contributed by atoms with E-state index in [9.17, 15) is 5.11 Å². The van der Waals surface area contributed by atoms with Crippen LogP contribution in [0, 0.1) is 6.92 Å². The fourth-order valence-corrected chi connectivity index (χ4v) is 3.99. The van der Waals surface area contributed by atoms with Crippen LogP contribution in [0.1, 0.15) is 36.8 Å². The van der Waals surface area contributed by atoms with Gasteiger partial charge in [-0.15, -0.1) is 0 Å². The molecule has 2 heterocycles. The minimum Gasteiger partial charge on any atom is -0.346 e. The predicted molar refractivity (Wildman–Crippen MR) is 97.5 cm³/mol. The third kappa shape index (κ3) is 2.53. The van der Waals surface area contributed by atoms with Crippen molar-refractivity contribution in [3.8, 4) is 0 Å². The maximum atomic E-state index is 11.7. The molecule has 2 aromatic carbocycles. The highest BCUT2D eigenvalue weighted by Gasteiger charge is 2.51. The quantitative estimate of drug-likeness (QED) is 0.855. The van der Waals surface area contributed by atoms with E-state index in [1.807, 2.05) is 6.07 Å². The molecule has 0 aliphatic carbocycles. The van der Waals surface area contributed by atoms with Gasteiger partial charge in [0.15, 0.2) is 6.54 Å². The second-order valence-electron chi connectivity index (χ2n) is 6.98. The second kappa shape index (κ2) is 6.06. The fourth-order valence-electron chi connectivity index (χ4n) is 3.99. The Balaban J connectivity index is 1.81. The van der Waals surface area contributed by atoms with E-state index < -0.39 is 5.72 Å². The Morgan fingerprint density at radius 3 is 2.46 bits per heavy atom.